The van der Waals surface area contributed by atoms with Crippen LogP contribution in [0.4, 0.5) is 5.69 Å². The lowest BCUT2D eigenvalue weighted by Crippen LogP contribution is -2.14. The lowest BCUT2D eigenvalue weighted by Gasteiger charge is -2.10. The average molecular weight is 365 g/mol. The minimum atomic E-state index is -4.05. The van der Waals surface area contributed by atoms with Crippen LogP contribution in [-0.4, -0.2) is 37.2 Å². The van der Waals surface area contributed by atoms with E-state index in [1.807, 2.05) is 0 Å². The molecule has 0 spiro atoms. The molecule has 0 saturated heterocycles. The molecule has 0 aliphatic rings. The highest BCUT2D eigenvalue weighted by atomic mass is 32.2. The van der Waals surface area contributed by atoms with Gasteiger partial charge in [-0.25, -0.2) is 18.0 Å². The maximum absolute atomic E-state index is 12.4. The maximum atomic E-state index is 12.4. The SMILES string of the molecule is CCOC(=O)c1cccc(S(=O)(=O)Nc2ccc(C(=O)O)c(O)c2)c1. The second-order valence-corrected chi connectivity index (χ2v) is 6.57. The van der Waals surface area contributed by atoms with Crippen molar-refractivity contribution in [3.63, 3.8) is 0 Å². The molecule has 0 aliphatic carbocycles. The number of anilines is 1. The number of benzene rings is 2. The fourth-order valence-electron chi connectivity index (χ4n) is 1.99. The van der Waals surface area contributed by atoms with Crippen LogP contribution in [0.3, 0.4) is 0 Å². The Hall–Kier alpha value is -3.07. The van der Waals surface area contributed by atoms with Gasteiger partial charge in [-0.15, -0.1) is 0 Å². The van der Waals surface area contributed by atoms with Crippen LogP contribution < -0.4 is 4.72 Å². The summed E-state index contributed by atoms with van der Waals surface area (Å²) in [6.07, 6.45) is 0. The second-order valence-electron chi connectivity index (χ2n) is 4.89. The number of carbonyl (C=O) groups excluding carboxylic acids is 1. The largest absolute Gasteiger partial charge is 0.507 e. The van der Waals surface area contributed by atoms with E-state index in [0.29, 0.717) is 0 Å². The number of rotatable bonds is 6. The molecule has 0 aliphatic heterocycles. The molecule has 0 heterocycles. The van der Waals surface area contributed by atoms with Gasteiger partial charge in [0.2, 0.25) is 0 Å². The van der Waals surface area contributed by atoms with Crippen molar-refractivity contribution in [2.45, 2.75) is 11.8 Å². The number of hydrogen-bond donors (Lipinski definition) is 3. The summed E-state index contributed by atoms with van der Waals surface area (Å²) in [7, 11) is -4.05. The zero-order valence-corrected chi connectivity index (χ0v) is 13.9. The van der Waals surface area contributed by atoms with Crippen molar-refractivity contribution in [3.05, 3.63) is 53.6 Å². The van der Waals surface area contributed by atoms with Crippen molar-refractivity contribution < 1.29 is 33.0 Å². The molecule has 2 aromatic carbocycles. The topological polar surface area (TPSA) is 130 Å². The highest BCUT2D eigenvalue weighted by Crippen LogP contribution is 2.24. The van der Waals surface area contributed by atoms with Crippen molar-refractivity contribution >= 4 is 27.6 Å². The van der Waals surface area contributed by atoms with E-state index in [1.54, 1.807) is 6.92 Å². The number of esters is 1. The van der Waals surface area contributed by atoms with E-state index in [0.717, 1.165) is 18.2 Å². The van der Waals surface area contributed by atoms with Crippen molar-refractivity contribution in [2.24, 2.45) is 0 Å². The van der Waals surface area contributed by atoms with Gasteiger partial charge in [0.15, 0.2) is 0 Å². The molecule has 132 valence electrons. The molecule has 0 aromatic heterocycles. The first-order chi connectivity index (χ1) is 11.7. The van der Waals surface area contributed by atoms with E-state index in [-0.39, 0.29) is 28.3 Å². The van der Waals surface area contributed by atoms with Gasteiger partial charge in [-0.1, -0.05) is 6.07 Å². The number of ether oxygens (including phenoxy) is 1. The Bertz CT molecular complexity index is 922. The van der Waals surface area contributed by atoms with Crippen LogP contribution in [-0.2, 0) is 14.8 Å². The van der Waals surface area contributed by atoms with Gasteiger partial charge in [0.25, 0.3) is 10.0 Å². The van der Waals surface area contributed by atoms with Crippen LogP contribution in [0.1, 0.15) is 27.6 Å². The number of aromatic hydroxyl groups is 1. The third-order valence-corrected chi connectivity index (χ3v) is 4.51. The smallest absolute Gasteiger partial charge is 0.339 e. The number of carboxylic acid groups (broad SMARTS) is 1. The molecular weight excluding hydrogens is 350 g/mol. The van der Waals surface area contributed by atoms with E-state index in [2.05, 4.69) is 4.72 Å². The average Bonchev–Trinajstić information content (AvgIpc) is 2.54. The number of nitrogens with one attached hydrogen (secondary N) is 1. The van der Waals surface area contributed by atoms with Crippen LogP contribution in [0, 0.1) is 0 Å². The predicted octanol–water partition coefficient (Wildman–Crippen LogP) is 2.07. The third kappa shape index (κ3) is 4.27. The van der Waals surface area contributed by atoms with Crippen molar-refractivity contribution in [3.8, 4) is 5.75 Å². The Morgan fingerprint density at radius 2 is 1.88 bits per heavy atom. The minimum absolute atomic E-state index is 0.0240. The Kier molecular flexibility index (Phi) is 5.28. The molecule has 2 aromatic rings. The summed E-state index contributed by atoms with van der Waals surface area (Å²) >= 11 is 0. The zero-order chi connectivity index (χ0) is 18.6. The molecule has 0 radical (unpaired) electrons. The molecule has 0 atom stereocenters. The standard InChI is InChI=1S/C16H15NO7S/c1-2-24-16(21)10-4-3-5-12(8-10)25(22,23)17-11-6-7-13(15(19)20)14(18)9-11/h3-9,17-18H,2H2,1H3,(H,19,20). The number of hydrogen-bond acceptors (Lipinski definition) is 6. The van der Waals surface area contributed by atoms with E-state index in [1.165, 1.54) is 24.3 Å². The van der Waals surface area contributed by atoms with Crippen molar-refractivity contribution in [1.82, 2.24) is 0 Å². The van der Waals surface area contributed by atoms with Gasteiger partial charge in [-0.3, -0.25) is 4.72 Å². The van der Waals surface area contributed by atoms with Crippen LogP contribution >= 0.6 is 0 Å². The molecule has 9 heteroatoms. The first kappa shape index (κ1) is 18.3. The first-order valence-electron chi connectivity index (χ1n) is 7.11. The van der Waals surface area contributed by atoms with Gasteiger partial charge < -0.3 is 14.9 Å². The Morgan fingerprint density at radius 3 is 2.48 bits per heavy atom. The fourth-order valence-corrected chi connectivity index (χ4v) is 3.09. The number of carbonyl (C=O) groups is 2. The first-order valence-corrected chi connectivity index (χ1v) is 8.59. The molecule has 0 bridgehead atoms. The number of sulfonamides is 1. The van der Waals surface area contributed by atoms with Gasteiger partial charge >= 0.3 is 11.9 Å². The molecule has 2 rings (SSSR count). The normalized spacial score (nSPS) is 10.9. The molecule has 25 heavy (non-hydrogen) atoms. The van der Waals surface area contributed by atoms with Gasteiger partial charge in [0.05, 0.1) is 22.8 Å². The summed E-state index contributed by atoms with van der Waals surface area (Å²) < 4.78 is 31.8. The summed E-state index contributed by atoms with van der Waals surface area (Å²) in [5, 5.41) is 18.5. The fraction of sp³-hybridized carbons (Fsp3) is 0.125. The molecule has 0 saturated carbocycles. The van der Waals surface area contributed by atoms with Gasteiger partial charge in [0, 0.05) is 6.07 Å². The van der Waals surface area contributed by atoms with E-state index < -0.39 is 27.7 Å². The molecule has 8 nitrogen and oxygen atoms in total. The van der Waals surface area contributed by atoms with Crippen molar-refractivity contribution in [1.29, 1.82) is 0 Å². The molecule has 3 N–H and O–H groups in total. The summed E-state index contributed by atoms with van der Waals surface area (Å²) in [5.74, 6) is -2.56. The Morgan fingerprint density at radius 1 is 1.16 bits per heavy atom. The highest BCUT2D eigenvalue weighted by Gasteiger charge is 2.18. The quantitative estimate of drug-likeness (QED) is 0.668. The summed E-state index contributed by atoms with van der Waals surface area (Å²) in [5.41, 5.74) is -0.301. The summed E-state index contributed by atoms with van der Waals surface area (Å²) in [4.78, 5) is 22.4. The van der Waals surface area contributed by atoms with Crippen LogP contribution in [0.2, 0.25) is 0 Å². The summed E-state index contributed by atoms with van der Waals surface area (Å²) in [6.45, 7) is 1.79. The van der Waals surface area contributed by atoms with Crippen LogP contribution in [0.5, 0.6) is 5.75 Å². The predicted molar refractivity (Wildman–Crippen MR) is 88.3 cm³/mol. The van der Waals surface area contributed by atoms with Crippen LogP contribution in [0.25, 0.3) is 0 Å². The van der Waals surface area contributed by atoms with Crippen molar-refractivity contribution in [2.75, 3.05) is 11.3 Å². The zero-order valence-electron chi connectivity index (χ0n) is 13.1. The lowest BCUT2D eigenvalue weighted by atomic mass is 10.2. The Balaban J connectivity index is 2.30. The van der Waals surface area contributed by atoms with Crippen LogP contribution in [0.15, 0.2) is 47.4 Å². The number of carboxylic acids is 1. The van der Waals surface area contributed by atoms with Gasteiger partial charge in [-0.2, -0.15) is 0 Å². The van der Waals surface area contributed by atoms with Gasteiger partial charge in [-0.05, 0) is 37.3 Å². The molecule has 0 amide bonds. The monoisotopic (exact) mass is 365 g/mol. The molecule has 0 fully saturated rings. The summed E-state index contributed by atoms with van der Waals surface area (Å²) in [6, 6.07) is 8.52. The van der Waals surface area contributed by atoms with E-state index in [4.69, 9.17) is 9.84 Å². The number of aromatic carboxylic acids is 1. The molecular formula is C16H15NO7S. The lowest BCUT2D eigenvalue weighted by molar-refractivity contribution is 0.0525. The van der Waals surface area contributed by atoms with Gasteiger partial charge in [0.1, 0.15) is 11.3 Å². The second kappa shape index (κ2) is 7.22. The highest BCUT2D eigenvalue weighted by molar-refractivity contribution is 7.92. The minimum Gasteiger partial charge on any atom is -0.507 e. The number of phenols is 1. The van der Waals surface area contributed by atoms with E-state index in [9.17, 15) is 23.1 Å². The Labute approximate surface area is 143 Å². The third-order valence-electron chi connectivity index (χ3n) is 3.14. The maximum Gasteiger partial charge on any atom is 0.339 e. The molecule has 0 unspecified atom stereocenters. The van der Waals surface area contributed by atoms with E-state index >= 15 is 0 Å².